The summed E-state index contributed by atoms with van der Waals surface area (Å²) >= 11 is 0. The van der Waals surface area contributed by atoms with Gasteiger partial charge in [0.15, 0.2) is 0 Å². The van der Waals surface area contributed by atoms with E-state index >= 15 is 0 Å². The Morgan fingerprint density at radius 3 is 2.73 bits per heavy atom. The maximum atomic E-state index is 13.0. The summed E-state index contributed by atoms with van der Waals surface area (Å²) in [5.74, 6) is 1.56. The van der Waals surface area contributed by atoms with E-state index in [9.17, 15) is 4.79 Å². The van der Waals surface area contributed by atoms with Gasteiger partial charge < -0.3 is 14.2 Å². The summed E-state index contributed by atoms with van der Waals surface area (Å²) in [6.45, 7) is 2.15. The van der Waals surface area contributed by atoms with Gasteiger partial charge in [-0.2, -0.15) is 0 Å². The molecule has 0 spiro atoms. The molecule has 0 bridgehead atoms. The summed E-state index contributed by atoms with van der Waals surface area (Å²) in [7, 11) is 4.07. The van der Waals surface area contributed by atoms with Crippen molar-refractivity contribution in [2.75, 3.05) is 26.7 Å². The highest BCUT2D eigenvalue weighted by Gasteiger charge is 2.31. The van der Waals surface area contributed by atoms with E-state index in [-0.39, 0.29) is 18.1 Å². The van der Waals surface area contributed by atoms with Crippen molar-refractivity contribution in [1.82, 2.24) is 24.3 Å². The molecule has 1 aliphatic heterocycles. The molecule has 0 aromatic carbocycles. The summed E-state index contributed by atoms with van der Waals surface area (Å²) in [6.07, 6.45) is 9.01. The number of carbonyl (C=O) groups excluding carboxylic acids is 1. The third-order valence-corrected chi connectivity index (χ3v) is 5.41. The molecule has 7 heteroatoms. The lowest BCUT2D eigenvalue weighted by Gasteiger charge is -2.39. The minimum atomic E-state index is 0.0261. The van der Waals surface area contributed by atoms with E-state index in [4.69, 9.17) is 4.74 Å². The Kier molecular flexibility index (Phi) is 4.63. The number of hydrogen-bond donors (Lipinski definition) is 0. The molecule has 1 atom stereocenters. The first kappa shape index (κ1) is 17.0. The lowest BCUT2D eigenvalue weighted by Crippen LogP contribution is -2.49. The summed E-state index contributed by atoms with van der Waals surface area (Å²) in [5, 5.41) is 0. The third kappa shape index (κ3) is 3.31. The van der Waals surface area contributed by atoms with Crippen LogP contribution in [0.15, 0.2) is 30.7 Å². The molecule has 7 nitrogen and oxygen atoms in total. The zero-order chi connectivity index (χ0) is 18.1. The monoisotopic (exact) mass is 355 g/mol. The zero-order valence-electron chi connectivity index (χ0n) is 15.3. The van der Waals surface area contributed by atoms with Crippen LogP contribution in [-0.4, -0.2) is 63.0 Å². The number of amides is 1. The minimum Gasteiger partial charge on any atom is -0.474 e. The van der Waals surface area contributed by atoms with E-state index in [2.05, 4.69) is 21.9 Å². The van der Waals surface area contributed by atoms with Crippen molar-refractivity contribution in [2.24, 2.45) is 7.05 Å². The van der Waals surface area contributed by atoms with Gasteiger partial charge in [-0.15, -0.1) is 0 Å². The largest absolute Gasteiger partial charge is 0.474 e. The SMILES string of the molecule is CN1CCN(C(=O)c2ccnc(OC3CCC3)c2)CC1c1nccn1C. The van der Waals surface area contributed by atoms with Gasteiger partial charge in [-0.3, -0.25) is 9.69 Å². The first-order valence-electron chi connectivity index (χ1n) is 9.21. The summed E-state index contributed by atoms with van der Waals surface area (Å²) in [6, 6.07) is 3.64. The highest BCUT2D eigenvalue weighted by molar-refractivity contribution is 5.94. The number of pyridine rings is 1. The van der Waals surface area contributed by atoms with Crippen molar-refractivity contribution < 1.29 is 9.53 Å². The average Bonchev–Trinajstić information content (AvgIpc) is 3.04. The molecule has 4 rings (SSSR count). The smallest absolute Gasteiger partial charge is 0.254 e. The first-order chi connectivity index (χ1) is 12.6. The fraction of sp³-hybridized carbons (Fsp3) is 0.526. The van der Waals surface area contributed by atoms with Crippen molar-refractivity contribution in [3.05, 3.63) is 42.1 Å². The molecule has 2 aromatic heterocycles. The van der Waals surface area contributed by atoms with E-state index in [1.54, 1.807) is 24.5 Å². The van der Waals surface area contributed by atoms with Crippen LogP contribution in [0.25, 0.3) is 0 Å². The van der Waals surface area contributed by atoms with Gasteiger partial charge in [0.05, 0.1) is 6.04 Å². The fourth-order valence-electron chi connectivity index (χ4n) is 3.48. The number of likely N-dealkylation sites (N-methyl/N-ethyl adjacent to an activating group) is 1. The molecule has 3 heterocycles. The first-order valence-corrected chi connectivity index (χ1v) is 9.21. The maximum Gasteiger partial charge on any atom is 0.254 e. The highest BCUT2D eigenvalue weighted by Crippen LogP contribution is 2.26. The second kappa shape index (κ2) is 7.07. The number of carbonyl (C=O) groups is 1. The van der Waals surface area contributed by atoms with Crippen LogP contribution in [0.5, 0.6) is 5.88 Å². The number of nitrogens with zero attached hydrogens (tertiary/aromatic N) is 5. The summed E-state index contributed by atoms with van der Waals surface area (Å²) in [4.78, 5) is 25.9. The molecule has 1 saturated heterocycles. The van der Waals surface area contributed by atoms with Crippen molar-refractivity contribution in [3.63, 3.8) is 0 Å². The quantitative estimate of drug-likeness (QED) is 0.838. The van der Waals surface area contributed by atoms with Gasteiger partial charge in [0.2, 0.25) is 5.88 Å². The Labute approximate surface area is 153 Å². The number of rotatable bonds is 4. The van der Waals surface area contributed by atoms with Crippen LogP contribution in [0.1, 0.15) is 41.5 Å². The van der Waals surface area contributed by atoms with Gasteiger partial charge >= 0.3 is 0 Å². The second-order valence-corrected chi connectivity index (χ2v) is 7.20. The number of ether oxygens (including phenoxy) is 1. The van der Waals surface area contributed by atoms with Crippen LogP contribution in [-0.2, 0) is 7.05 Å². The van der Waals surface area contributed by atoms with Crippen LogP contribution >= 0.6 is 0 Å². The number of hydrogen-bond acceptors (Lipinski definition) is 5. The summed E-state index contributed by atoms with van der Waals surface area (Å²) in [5.41, 5.74) is 0.637. The standard InChI is InChI=1S/C19H25N5O2/c1-22-10-11-24(13-16(22)18-21-8-9-23(18)2)19(25)14-6-7-20-17(12-14)26-15-4-3-5-15/h6-9,12,15-16H,3-5,10-11,13H2,1-2H3. The number of imidazole rings is 1. The predicted octanol–water partition coefficient (Wildman–Crippen LogP) is 1.88. The predicted molar refractivity (Wildman–Crippen MR) is 97.0 cm³/mol. The molecule has 1 unspecified atom stereocenters. The van der Waals surface area contributed by atoms with E-state index in [1.807, 2.05) is 22.7 Å². The van der Waals surface area contributed by atoms with Gasteiger partial charge in [-0.05, 0) is 32.4 Å². The van der Waals surface area contributed by atoms with Crippen molar-refractivity contribution in [1.29, 1.82) is 0 Å². The van der Waals surface area contributed by atoms with Gasteiger partial charge in [0.1, 0.15) is 11.9 Å². The normalized spacial score (nSPS) is 21.5. The van der Waals surface area contributed by atoms with E-state index in [0.717, 1.165) is 25.2 Å². The number of aryl methyl sites for hydroxylation is 1. The molecule has 2 fully saturated rings. The second-order valence-electron chi connectivity index (χ2n) is 7.20. The Bertz CT molecular complexity index is 786. The molecule has 1 aliphatic carbocycles. The molecule has 0 N–H and O–H groups in total. The van der Waals surface area contributed by atoms with Gasteiger partial charge in [-0.1, -0.05) is 0 Å². The minimum absolute atomic E-state index is 0.0261. The fourth-order valence-corrected chi connectivity index (χ4v) is 3.48. The lowest BCUT2D eigenvalue weighted by molar-refractivity contribution is 0.0527. The molecule has 2 aromatic rings. The lowest BCUT2D eigenvalue weighted by atomic mass is 9.96. The average molecular weight is 355 g/mol. The van der Waals surface area contributed by atoms with Crippen molar-refractivity contribution >= 4 is 5.91 Å². The third-order valence-electron chi connectivity index (χ3n) is 5.41. The van der Waals surface area contributed by atoms with Crippen molar-refractivity contribution in [3.8, 4) is 5.88 Å². The summed E-state index contributed by atoms with van der Waals surface area (Å²) < 4.78 is 7.86. The molecule has 26 heavy (non-hydrogen) atoms. The molecular weight excluding hydrogens is 330 g/mol. The van der Waals surface area contributed by atoms with Crippen LogP contribution in [0.2, 0.25) is 0 Å². The molecular formula is C19H25N5O2. The molecule has 1 saturated carbocycles. The van der Waals surface area contributed by atoms with Crippen molar-refractivity contribution in [2.45, 2.75) is 31.4 Å². The topological polar surface area (TPSA) is 63.5 Å². The number of aromatic nitrogens is 3. The van der Waals surface area contributed by atoms with Gasteiger partial charge in [0, 0.05) is 56.9 Å². The zero-order valence-corrected chi connectivity index (χ0v) is 15.3. The Balaban J connectivity index is 1.49. The van der Waals surface area contributed by atoms with E-state index in [1.165, 1.54) is 6.42 Å². The highest BCUT2D eigenvalue weighted by atomic mass is 16.5. The van der Waals surface area contributed by atoms with Crippen LogP contribution in [0.3, 0.4) is 0 Å². The Morgan fingerprint density at radius 2 is 2.04 bits per heavy atom. The van der Waals surface area contributed by atoms with E-state index in [0.29, 0.717) is 24.5 Å². The van der Waals surface area contributed by atoms with Crippen LogP contribution in [0, 0.1) is 0 Å². The Morgan fingerprint density at radius 1 is 1.19 bits per heavy atom. The van der Waals surface area contributed by atoms with Crippen LogP contribution < -0.4 is 4.74 Å². The molecule has 138 valence electrons. The molecule has 1 amide bonds. The molecule has 0 radical (unpaired) electrons. The maximum absolute atomic E-state index is 13.0. The number of piperazine rings is 1. The Hall–Kier alpha value is -2.41. The van der Waals surface area contributed by atoms with Crippen LogP contribution in [0.4, 0.5) is 0 Å². The van der Waals surface area contributed by atoms with Gasteiger partial charge in [0.25, 0.3) is 5.91 Å². The van der Waals surface area contributed by atoms with E-state index < -0.39 is 0 Å². The molecule has 2 aliphatic rings. The van der Waals surface area contributed by atoms with Gasteiger partial charge in [-0.25, -0.2) is 9.97 Å².